The van der Waals surface area contributed by atoms with E-state index in [9.17, 15) is 0 Å². The largest absolute Gasteiger partial charge is 0.304 e. The molecule has 98 valence electrons. The van der Waals surface area contributed by atoms with Gasteiger partial charge in [0.2, 0.25) is 0 Å². The molecular weight excluding hydrogens is 325 g/mol. The van der Waals surface area contributed by atoms with Crippen molar-refractivity contribution in [2.45, 2.75) is 39.4 Å². The zero-order valence-electron chi connectivity index (χ0n) is 10.4. The third kappa shape index (κ3) is 3.60. The molecule has 0 aliphatic heterocycles. The van der Waals surface area contributed by atoms with Gasteiger partial charge in [-0.2, -0.15) is 5.10 Å². The number of halogens is 3. The SMILES string of the molecule is CCn1nc(C)c(Br)c1CNC(C)(CCl)CCl. The minimum atomic E-state index is -0.251. The van der Waals surface area contributed by atoms with Crippen molar-refractivity contribution in [3.8, 4) is 0 Å². The molecule has 0 spiro atoms. The van der Waals surface area contributed by atoms with Gasteiger partial charge in [0.05, 0.1) is 15.9 Å². The van der Waals surface area contributed by atoms with Crippen LogP contribution >= 0.6 is 39.1 Å². The van der Waals surface area contributed by atoms with E-state index >= 15 is 0 Å². The summed E-state index contributed by atoms with van der Waals surface area (Å²) in [5.74, 6) is 0.959. The molecule has 1 aromatic heterocycles. The average molecular weight is 343 g/mol. The fourth-order valence-electron chi connectivity index (χ4n) is 1.47. The summed E-state index contributed by atoms with van der Waals surface area (Å²) in [6, 6.07) is 0. The highest BCUT2D eigenvalue weighted by atomic mass is 79.9. The Kier molecular flexibility index (Phi) is 5.77. The lowest BCUT2D eigenvalue weighted by molar-refractivity contribution is 0.422. The third-order valence-electron chi connectivity index (χ3n) is 2.73. The average Bonchev–Trinajstić information content (AvgIpc) is 2.62. The normalized spacial score (nSPS) is 12.1. The van der Waals surface area contributed by atoms with E-state index in [2.05, 4.69) is 33.3 Å². The summed E-state index contributed by atoms with van der Waals surface area (Å²) in [5, 5.41) is 7.83. The van der Waals surface area contributed by atoms with Crippen LogP contribution in [0.5, 0.6) is 0 Å². The molecule has 3 nitrogen and oxygen atoms in total. The van der Waals surface area contributed by atoms with E-state index in [0.717, 1.165) is 22.4 Å². The van der Waals surface area contributed by atoms with E-state index < -0.39 is 0 Å². The van der Waals surface area contributed by atoms with Crippen LogP contribution in [0.25, 0.3) is 0 Å². The Bertz CT molecular complexity index is 375. The molecule has 0 atom stereocenters. The lowest BCUT2D eigenvalue weighted by atomic mass is 10.1. The molecule has 0 aromatic carbocycles. The Morgan fingerprint density at radius 1 is 1.41 bits per heavy atom. The molecule has 0 unspecified atom stereocenters. The molecule has 1 rings (SSSR count). The van der Waals surface area contributed by atoms with Crippen LogP contribution in [0.3, 0.4) is 0 Å². The van der Waals surface area contributed by atoms with Gasteiger partial charge in [-0.15, -0.1) is 23.2 Å². The molecule has 0 aliphatic carbocycles. The van der Waals surface area contributed by atoms with Gasteiger partial charge in [0.25, 0.3) is 0 Å². The first-order valence-electron chi connectivity index (χ1n) is 5.56. The smallest absolute Gasteiger partial charge is 0.0739 e. The van der Waals surface area contributed by atoms with Crippen LogP contribution in [0.4, 0.5) is 0 Å². The van der Waals surface area contributed by atoms with Gasteiger partial charge in [-0.3, -0.25) is 4.68 Å². The van der Waals surface area contributed by atoms with Crippen LogP contribution < -0.4 is 5.32 Å². The van der Waals surface area contributed by atoms with E-state index in [-0.39, 0.29) is 5.54 Å². The first kappa shape index (κ1) is 15.3. The van der Waals surface area contributed by atoms with Crippen molar-refractivity contribution in [2.24, 2.45) is 0 Å². The van der Waals surface area contributed by atoms with E-state index in [1.807, 2.05) is 18.5 Å². The minimum Gasteiger partial charge on any atom is -0.304 e. The van der Waals surface area contributed by atoms with Crippen molar-refractivity contribution < 1.29 is 0 Å². The van der Waals surface area contributed by atoms with Crippen molar-refractivity contribution >= 4 is 39.1 Å². The minimum absolute atomic E-state index is 0.251. The number of nitrogens with zero attached hydrogens (tertiary/aromatic N) is 2. The van der Waals surface area contributed by atoms with Crippen LogP contribution in [0.2, 0.25) is 0 Å². The zero-order chi connectivity index (χ0) is 13.1. The second-order valence-electron chi connectivity index (χ2n) is 4.34. The van der Waals surface area contributed by atoms with Gasteiger partial charge in [0.1, 0.15) is 0 Å². The van der Waals surface area contributed by atoms with Crippen molar-refractivity contribution in [3.05, 3.63) is 15.9 Å². The first-order chi connectivity index (χ1) is 7.97. The van der Waals surface area contributed by atoms with Crippen LogP contribution in [0, 0.1) is 6.92 Å². The number of rotatable bonds is 6. The topological polar surface area (TPSA) is 29.9 Å². The lowest BCUT2D eigenvalue weighted by Crippen LogP contribution is -2.45. The number of alkyl halides is 2. The number of hydrogen-bond donors (Lipinski definition) is 1. The van der Waals surface area contributed by atoms with Crippen molar-refractivity contribution in [3.63, 3.8) is 0 Å². The molecule has 6 heteroatoms. The molecule has 1 N–H and O–H groups in total. The second kappa shape index (κ2) is 6.41. The maximum Gasteiger partial charge on any atom is 0.0739 e. The van der Waals surface area contributed by atoms with Gasteiger partial charge in [0, 0.05) is 30.4 Å². The third-order valence-corrected chi connectivity index (χ3v) is 4.94. The molecule has 0 radical (unpaired) electrons. The Morgan fingerprint density at radius 3 is 2.47 bits per heavy atom. The maximum atomic E-state index is 5.91. The molecule has 1 aromatic rings. The van der Waals surface area contributed by atoms with Crippen molar-refractivity contribution in [1.29, 1.82) is 0 Å². The van der Waals surface area contributed by atoms with Gasteiger partial charge in [0.15, 0.2) is 0 Å². The molecule has 0 bridgehead atoms. The van der Waals surface area contributed by atoms with E-state index in [1.165, 1.54) is 0 Å². The summed E-state index contributed by atoms with van der Waals surface area (Å²) in [6.07, 6.45) is 0. The molecule has 0 amide bonds. The standard InChI is InChI=1S/C11H18BrCl2N3/c1-4-17-9(10(12)8(2)16-17)5-15-11(3,6-13)7-14/h15H,4-7H2,1-3H3. The Morgan fingerprint density at radius 2 is 2.00 bits per heavy atom. The summed E-state index contributed by atoms with van der Waals surface area (Å²) < 4.78 is 3.04. The van der Waals surface area contributed by atoms with E-state index in [1.54, 1.807) is 0 Å². The van der Waals surface area contributed by atoms with Gasteiger partial charge in [-0.25, -0.2) is 0 Å². The van der Waals surface area contributed by atoms with Gasteiger partial charge < -0.3 is 5.32 Å². The summed E-state index contributed by atoms with van der Waals surface area (Å²) in [6.45, 7) is 7.63. The first-order valence-corrected chi connectivity index (χ1v) is 7.42. The highest BCUT2D eigenvalue weighted by molar-refractivity contribution is 9.10. The Balaban J connectivity index is 2.81. The predicted octanol–water partition coefficient (Wildman–Crippen LogP) is 3.30. The molecule has 17 heavy (non-hydrogen) atoms. The van der Waals surface area contributed by atoms with Crippen molar-refractivity contribution in [1.82, 2.24) is 15.1 Å². The lowest BCUT2D eigenvalue weighted by Gasteiger charge is -2.26. The number of hydrogen-bond acceptors (Lipinski definition) is 2. The molecule has 0 fully saturated rings. The fraction of sp³-hybridized carbons (Fsp3) is 0.727. The van der Waals surface area contributed by atoms with Crippen LogP contribution in [0.15, 0.2) is 4.47 Å². The summed E-state index contributed by atoms with van der Waals surface area (Å²) in [5.41, 5.74) is 1.88. The quantitative estimate of drug-likeness (QED) is 0.804. The second-order valence-corrected chi connectivity index (χ2v) is 5.67. The highest BCUT2D eigenvalue weighted by Gasteiger charge is 2.22. The monoisotopic (exact) mass is 341 g/mol. The summed E-state index contributed by atoms with van der Waals surface area (Å²) in [7, 11) is 0. The van der Waals surface area contributed by atoms with Gasteiger partial charge in [-0.1, -0.05) is 0 Å². The molecule has 0 saturated carbocycles. The Labute approximate surface area is 121 Å². The number of nitrogens with one attached hydrogen (secondary N) is 1. The number of aryl methyl sites for hydroxylation is 2. The highest BCUT2D eigenvalue weighted by Crippen LogP contribution is 2.22. The molecular formula is C11H18BrCl2N3. The summed E-state index contributed by atoms with van der Waals surface area (Å²) in [4.78, 5) is 0. The van der Waals surface area contributed by atoms with E-state index in [0.29, 0.717) is 18.3 Å². The van der Waals surface area contributed by atoms with Gasteiger partial charge in [-0.05, 0) is 36.7 Å². The predicted molar refractivity (Wildman–Crippen MR) is 77.0 cm³/mol. The number of aromatic nitrogens is 2. The van der Waals surface area contributed by atoms with Crippen LogP contribution in [-0.2, 0) is 13.1 Å². The summed E-state index contributed by atoms with van der Waals surface area (Å²) >= 11 is 15.4. The van der Waals surface area contributed by atoms with Crippen LogP contribution in [0.1, 0.15) is 25.2 Å². The molecule has 0 saturated heterocycles. The maximum absolute atomic E-state index is 5.91. The van der Waals surface area contributed by atoms with Crippen LogP contribution in [-0.4, -0.2) is 27.1 Å². The Hall–Kier alpha value is 0.230. The molecule has 0 aliphatic rings. The van der Waals surface area contributed by atoms with E-state index in [4.69, 9.17) is 23.2 Å². The van der Waals surface area contributed by atoms with Crippen molar-refractivity contribution in [2.75, 3.05) is 11.8 Å². The van der Waals surface area contributed by atoms with Gasteiger partial charge >= 0.3 is 0 Å². The zero-order valence-corrected chi connectivity index (χ0v) is 13.5. The molecule has 1 heterocycles. The fourth-order valence-corrected chi connectivity index (χ4v) is 2.36.